The predicted molar refractivity (Wildman–Crippen MR) is 53.8 cm³/mol. The topological polar surface area (TPSA) is 59.1 Å². The maximum Gasteiger partial charge on any atom is 0.216 e. The van der Waals surface area contributed by atoms with Gasteiger partial charge in [0.15, 0.2) is 0 Å². The van der Waals surface area contributed by atoms with Crippen LogP contribution in [0.15, 0.2) is 27.9 Å². The molecule has 6 heteroatoms. The molecule has 0 amide bonds. The van der Waals surface area contributed by atoms with Crippen molar-refractivity contribution in [1.29, 1.82) is 0 Å². The van der Waals surface area contributed by atoms with Crippen LogP contribution in [0.2, 0.25) is 0 Å². The standard InChI is InChI=1S/C8H8N4OS/c1-6-10-11-8(14)12(6)9-5-7-3-2-4-13-7/h2-5H,1H3,(H,11,14)/b9-5+. The number of rotatable bonds is 2. The van der Waals surface area contributed by atoms with Crippen LogP contribution in [-0.2, 0) is 0 Å². The lowest BCUT2D eigenvalue weighted by Crippen LogP contribution is -1.92. The number of hydrogen-bond donors (Lipinski definition) is 1. The van der Waals surface area contributed by atoms with Crippen LogP contribution < -0.4 is 0 Å². The van der Waals surface area contributed by atoms with Gasteiger partial charge in [0, 0.05) is 0 Å². The normalized spacial score (nSPS) is 11.2. The molecule has 1 N–H and O–H groups in total. The van der Waals surface area contributed by atoms with Gasteiger partial charge in [-0.2, -0.15) is 14.9 Å². The fourth-order valence-corrected chi connectivity index (χ4v) is 1.21. The first kappa shape index (κ1) is 8.89. The van der Waals surface area contributed by atoms with Crippen molar-refractivity contribution < 1.29 is 4.42 Å². The van der Waals surface area contributed by atoms with Crippen LogP contribution in [-0.4, -0.2) is 21.1 Å². The van der Waals surface area contributed by atoms with E-state index in [1.165, 1.54) is 4.68 Å². The van der Waals surface area contributed by atoms with E-state index >= 15 is 0 Å². The van der Waals surface area contributed by atoms with E-state index in [1.807, 2.05) is 13.0 Å². The van der Waals surface area contributed by atoms with Crippen molar-refractivity contribution in [2.24, 2.45) is 5.10 Å². The molecule has 0 aliphatic carbocycles. The largest absolute Gasteiger partial charge is 0.463 e. The number of aromatic nitrogens is 3. The summed E-state index contributed by atoms with van der Waals surface area (Å²) in [5.74, 6) is 1.38. The summed E-state index contributed by atoms with van der Waals surface area (Å²) in [6, 6.07) is 3.60. The number of H-pyrrole nitrogens is 1. The van der Waals surface area contributed by atoms with Crippen molar-refractivity contribution in [1.82, 2.24) is 14.9 Å². The maximum absolute atomic E-state index is 5.08. The molecule has 2 heterocycles. The average Bonchev–Trinajstić information content (AvgIpc) is 2.76. The van der Waals surface area contributed by atoms with Gasteiger partial charge in [0.2, 0.25) is 4.77 Å². The zero-order valence-electron chi connectivity index (χ0n) is 7.47. The second-order valence-electron chi connectivity index (χ2n) is 2.65. The Morgan fingerprint density at radius 3 is 3.14 bits per heavy atom. The SMILES string of the molecule is Cc1n[nH]c(=S)n1/N=C/c1ccco1. The Labute approximate surface area is 85.1 Å². The molecule has 0 atom stereocenters. The molecular formula is C8H8N4OS. The highest BCUT2D eigenvalue weighted by atomic mass is 32.1. The molecule has 0 saturated heterocycles. The molecule has 72 valence electrons. The van der Waals surface area contributed by atoms with Gasteiger partial charge in [-0.15, -0.1) is 0 Å². The third kappa shape index (κ3) is 1.64. The Bertz CT molecular complexity index is 494. The van der Waals surface area contributed by atoms with Crippen LogP contribution in [0.25, 0.3) is 0 Å². The highest BCUT2D eigenvalue weighted by molar-refractivity contribution is 7.71. The van der Waals surface area contributed by atoms with Gasteiger partial charge in [-0.1, -0.05) is 0 Å². The summed E-state index contributed by atoms with van der Waals surface area (Å²) in [6.45, 7) is 1.81. The van der Waals surface area contributed by atoms with Crippen LogP contribution >= 0.6 is 12.2 Å². The fraction of sp³-hybridized carbons (Fsp3) is 0.125. The first-order valence-electron chi connectivity index (χ1n) is 3.99. The van der Waals surface area contributed by atoms with Crippen molar-refractivity contribution >= 4 is 18.4 Å². The van der Waals surface area contributed by atoms with Gasteiger partial charge >= 0.3 is 0 Å². The molecule has 0 radical (unpaired) electrons. The van der Waals surface area contributed by atoms with Gasteiger partial charge in [-0.3, -0.25) is 5.10 Å². The molecule has 2 aromatic heterocycles. The minimum absolute atomic E-state index is 0.463. The second-order valence-corrected chi connectivity index (χ2v) is 3.03. The Morgan fingerprint density at radius 2 is 2.57 bits per heavy atom. The summed E-state index contributed by atoms with van der Waals surface area (Å²) in [5, 5.41) is 10.7. The molecule has 14 heavy (non-hydrogen) atoms. The first-order valence-corrected chi connectivity index (χ1v) is 4.40. The molecule has 2 rings (SSSR count). The number of furan rings is 1. The Morgan fingerprint density at radius 1 is 1.71 bits per heavy atom. The van der Waals surface area contributed by atoms with Crippen molar-refractivity contribution in [2.45, 2.75) is 6.92 Å². The summed E-state index contributed by atoms with van der Waals surface area (Å²) < 4.78 is 7.07. The Hall–Kier alpha value is -1.69. The zero-order valence-corrected chi connectivity index (χ0v) is 8.28. The lowest BCUT2D eigenvalue weighted by molar-refractivity contribution is 0.559. The summed E-state index contributed by atoms with van der Waals surface area (Å²) >= 11 is 4.97. The van der Waals surface area contributed by atoms with Crippen LogP contribution in [0, 0.1) is 11.7 Å². The molecule has 0 fully saturated rings. The van der Waals surface area contributed by atoms with Crippen LogP contribution in [0.4, 0.5) is 0 Å². The fourth-order valence-electron chi connectivity index (χ4n) is 0.986. The van der Waals surface area contributed by atoms with Gasteiger partial charge in [0.25, 0.3) is 0 Å². The van der Waals surface area contributed by atoms with Crippen molar-refractivity contribution in [3.63, 3.8) is 0 Å². The zero-order chi connectivity index (χ0) is 9.97. The first-order chi connectivity index (χ1) is 6.77. The maximum atomic E-state index is 5.08. The molecule has 0 unspecified atom stereocenters. The lowest BCUT2D eigenvalue weighted by atomic mass is 10.5. The summed E-state index contributed by atoms with van der Waals surface area (Å²) in [7, 11) is 0. The van der Waals surface area contributed by atoms with Crippen molar-refractivity contribution in [3.8, 4) is 0 Å². The number of aryl methyl sites for hydroxylation is 1. The van der Waals surface area contributed by atoms with E-state index in [0.29, 0.717) is 16.4 Å². The van der Waals surface area contributed by atoms with Gasteiger partial charge < -0.3 is 4.42 Å². The molecule has 0 saturated carbocycles. The molecule has 0 spiro atoms. The van der Waals surface area contributed by atoms with Gasteiger partial charge in [0.05, 0.1) is 12.5 Å². The number of nitrogens with one attached hydrogen (secondary N) is 1. The molecule has 0 aromatic carbocycles. The smallest absolute Gasteiger partial charge is 0.216 e. The van der Waals surface area contributed by atoms with Crippen molar-refractivity contribution in [2.75, 3.05) is 0 Å². The van der Waals surface area contributed by atoms with Crippen molar-refractivity contribution in [3.05, 3.63) is 34.8 Å². The summed E-state index contributed by atoms with van der Waals surface area (Å²) in [6.07, 6.45) is 3.17. The monoisotopic (exact) mass is 208 g/mol. The van der Waals surface area contributed by atoms with Gasteiger partial charge in [-0.25, -0.2) is 0 Å². The minimum atomic E-state index is 0.463. The highest BCUT2D eigenvalue weighted by Gasteiger charge is 1.97. The Kier molecular flexibility index (Phi) is 2.28. The quantitative estimate of drug-likeness (QED) is 0.604. The second kappa shape index (κ2) is 3.59. The third-order valence-electron chi connectivity index (χ3n) is 1.66. The van der Waals surface area contributed by atoms with Gasteiger partial charge in [-0.05, 0) is 31.3 Å². The van der Waals surface area contributed by atoms with E-state index in [-0.39, 0.29) is 0 Å². The summed E-state index contributed by atoms with van der Waals surface area (Å²) in [4.78, 5) is 0. The molecule has 0 aliphatic heterocycles. The van der Waals surface area contributed by atoms with E-state index in [2.05, 4.69) is 15.3 Å². The van der Waals surface area contributed by atoms with E-state index in [4.69, 9.17) is 16.6 Å². The predicted octanol–water partition coefficient (Wildman–Crippen LogP) is 1.72. The Balaban J connectivity index is 2.31. The molecule has 2 aromatic rings. The van der Waals surface area contributed by atoms with Crippen LogP contribution in [0.5, 0.6) is 0 Å². The molecule has 0 bridgehead atoms. The number of nitrogens with zero attached hydrogens (tertiary/aromatic N) is 3. The molecular weight excluding hydrogens is 200 g/mol. The average molecular weight is 208 g/mol. The number of aromatic amines is 1. The van der Waals surface area contributed by atoms with E-state index in [9.17, 15) is 0 Å². The molecule has 5 nitrogen and oxygen atoms in total. The van der Waals surface area contributed by atoms with E-state index in [1.54, 1.807) is 18.5 Å². The summed E-state index contributed by atoms with van der Waals surface area (Å²) in [5.41, 5.74) is 0. The minimum Gasteiger partial charge on any atom is -0.463 e. The number of hydrogen-bond acceptors (Lipinski definition) is 4. The third-order valence-corrected chi connectivity index (χ3v) is 1.92. The van der Waals surface area contributed by atoms with Crippen LogP contribution in [0.3, 0.4) is 0 Å². The van der Waals surface area contributed by atoms with E-state index < -0.39 is 0 Å². The lowest BCUT2D eigenvalue weighted by Gasteiger charge is -1.91. The highest BCUT2D eigenvalue weighted by Crippen LogP contribution is 1.98. The van der Waals surface area contributed by atoms with Gasteiger partial charge in [0.1, 0.15) is 11.6 Å². The molecule has 0 aliphatic rings. The van der Waals surface area contributed by atoms with Crippen LogP contribution in [0.1, 0.15) is 11.6 Å². The van der Waals surface area contributed by atoms with E-state index in [0.717, 1.165) is 0 Å².